The average molecular weight is 380 g/mol. The molecule has 9 heteroatoms. The summed E-state index contributed by atoms with van der Waals surface area (Å²) in [5, 5.41) is 1.39. The van der Waals surface area contributed by atoms with Crippen molar-refractivity contribution in [2.24, 2.45) is 0 Å². The normalized spacial score (nSPS) is 14.0. The van der Waals surface area contributed by atoms with Crippen LogP contribution >= 0.6 is 15.6 Å². The highest BCUT2D eigenvalue weighted by molar-refractivity contribution is 7.61. The van der Waals surface area contributed by atoms with E-state index in [1.165, 1.54) is 18.2 Å². The lowest BCUT2D eigenvalue weighted by atomic mass is 10.1. The van der Waals surface area contributed by atoms with Crippen LogP contribution in [0.3, 0.4) is 0 Å². The lowest BCUT2D eigenvalue weighted by Gasteiger charge is -2.19. The molecule has 3 rings (SSSR count). The molecule has 0 amide bonds. The molecular formula is C16H14O7P2. The molecule has 3 aromatic rings. The lowest BCUT2D eigenvalue weighted by Crippen LogP contribution is -2.04. The van der Waals surface area contributed by atoms with E-state index in [2.05, 4.69) is 4.31 Å². The zero-order chi connectivity index (χ0) is 17.9. The van der Waals surface area contributed by atoms with Gasteiger partial charge in [-0.1, -0.05) is 54.6 Å². The zero-order valence-electron chi connectivity index (χ0n) is 12.8. The van der Waals surface area contributed by atoms with Gasteiger partial charge in [0.25, 0.3) is 0 Å². The van der Waals surface area contributed by atoms with Crippen LogP contribution in [-0.2, 0) is 13.4 Å². The average Bonchev–Trinajstić information content (AvgIpc) is 2.54. The first-order valence-corrected chi connectivity index (χ1v) is 10.1. The molecular weight excluding hydrogens is 366 g/mol. The summed E-state index contributed by atoms with van der Waals surface area (Å²) in [6.07, 6.45) is 0. The maximum Gasteiger partial charge on any atom is 0.596 e. The van der Waals surface area contributed by atoms with Crippen molar-refractivity contribution in [3.05, 3.63) is 72.8 Å². The summed E-state index contributed by atoms with van der Waals surface area (Å²) in [7, 11) is -9.79. The molecule has 0 heterocycles. The lowest BCUT2D eigenvalue weighted by molar-refractivity contribution is 0.234. The van der Waals surface area contributed by atoms with Gasteiger partial charge in [0.15, 0.2) is 0 Å². The molecule has 0 aliphatic rings. The van der Waals surface area contributed by atoms with E-state index in [1.54, 1.807) is 36.4 Å². The molecule has 130 valence electrons. The fourth-order valence-corrected chi connectivity index (χ4v) is 4.31. The number of para-hydroxylation sites is 1. The fourth-order valence-electron chi connectivity index (χ4n) is 2.19. The topological polar surface area (TPSA) is 102 Å². The number of rotatable bonds is 6. The summed E-state index contributed by atoms with van der Waals surface area (Å²) < 4.78 is 38.9. The molecule has 7 nitrogen and oxygen atoms in total. The minimum Gasteiger partial charge on any atom is -0.395 e. The predicted octanol–water partition coefficient (Wildman–Crippen LogP) is 4.52. The maximum absolute atomic E-state index is 12.9. The van der Waals surface area contributed by atoms with Gasteiger partial charge >= 0.3 is 15.6 Å². The Labute approximate surface area is 143 Å². The highest BCUT2D eigenvalue weighted by atomic mass is 31.3. The Morgan fingerprint density at radius 2 is 1.36 bits per heavy atom. The van der Waals surface area contributed by atoms with Crippen LogP contribution in [0.1, 0.15) is 0 Å². The number of fused-ring (bicyclic) bond motifs is 1. The van der Waals surface area contributed by atoms with Crippen molar-refractivity contribution in [1.29, 1.82) is 0 Å². The maximum atomic E-state index is 12.9. The van der Waals surface area contributed by atoms with Gasteiger partial charge in [-0.15, -0.1) is 0 Å². The third-order valence-corrected chi connectivity index (χ3v) is 5.63. The molecule has 0 fully saturated rings. The number of phosphoric ester groups is 1. The Morgan fingerprint density at radius 1 is 0.720 bits per heavy atom. The van der Waals surface area contributed by atoms with Gasteiger partial charge in [-0.3, -0.25) is 0 Å². The van der Waals surface area contributed by atoms with E-state index in [1.807, 2.05) is 18.2 Å². The van der Waals surface area contributed by atoms with Gasteiger partial charge in [-0.2, -0.15) is 4.31 Å². The number of phosphoric acid groups is 2. The highest BCUT2D eigenvalue weighted by Crippen LogP contribution is 2.60. The summed E-state index contributed by atoms with van der Waals surface area (Å²) in [6.45, 7) is 0. The standard InChI is InChI=1S/C16H14O7P2/c17-24(18,19)23-25(20,21-14-9-2-1-3-10-14)22-16-12-6-8-13-7-4-5-11-15(13)16/h1-12H,(H2,17,18,19). The second kappa shape index (κ2) is 7.00. The number of benzene rings is 3. The van der Waals surface area contributed by atoms with E-state index < -0.39 is 15.6 Å². The summed E-state index contributed by atoms with van der Waals surface area (Å²) in [6, 6.07) is 19.9. The molecule has 0 spiro atoms. The third kappa shape index (κ3) is 4.69. The zero-order valence-corrected chi connectivity index (χ0v) is 14.5. The third-order valence-electron chi connectivity index (χ3n) is 3.13. The van der Waals surface area contributed by atoms with Gasteiger partial charge in [0.2, 0.25) is 0 Å². The summed E-state index contributed by atoms with van der Waals surface area (Å²) in [5.74, 6) is 0.199. The van der Waals surface area contributed by atoms with Crippen molar-refractivity contribution in [3.8, 4) is 11.5 Å². The highest BCUT2D eigenvalue weighted by Gasteiger charge is 2.39. The quantitative estimate of drug-likeness (QED) is 0.607. The summed E-state index contributed by atoms with van der Waals surface area (Å²) in [4.78, 5) is 18.2. The first-order valence-electron chi connectivity index (χ1n) is 7.14. The molecule has 0 radical (unpaired) electrons. The van der Waals surface area contributed by atoms with Gasteiger partial charge in [0.1, 0.15) is 11.5 Å². The minimum atomic E-state index is -5.13. The van der Waals surface area contributed by atoms with Gasteiger partial charge in [-0.25, -0.2) is 9.13 Å². The Kier molecular flexibility index (Phi) is 4.95. The number of hydrogen-bond acceptors (Lipinski definition) is 5. The van der Waals surface area contributed by atoms with Crippen molar-refractivity contribution >= 4 is 26.4 Å². The van der Waals surface area contributed by atoms with Gasteiger partial charge < -0.3 is 18.8 Å². The van der Waals surface area contributed by atoms with Crippen LogP contribution in [0.25, 0.3) is 10.8 Å². The molecule has 3 aromatic carbocycles. The van der Waals surface area contributed by atoms with E-state index in [-0.39, 0.29) is 11.5 Å². The van der Waals surface area contributed by atoms with E-state index in [9.17, 15) is 9.13 Å². The van der Waals surface area contributed by atoms with Crippen molar-refractivity contribution in [1.82, 2.24) is 0 Å². The monoisotopic (exact) mass is 380 g/mol. The van der Waals surface area contributed by atoms with Crippen molar-refractivity contribution in [2.75, 3.05) is 0 Å². The van der Waals surface area contributed by atoms with Crippen LogP contribution in [0.15, 0.2) is 72.8 Å². The SMILES string of the molecule is O=P(O)(O)OP(=O)(Oc1ccccc1)Oc1cccc2ccccc12. The smallest absolute Gasteiger partial charge is 0.395 e. The fraction of sp³-hybridized carbons (Fsp3) is 0. The minimum absolute atomic E-state index is 0.0829. The molecule has 2 N–H and O–H groups in total. The van der Waals surface area contributed by atoms with Crippen LogP contribution in [0.5, 0.6) is 11.5 Å². The van der Waals surface area contributed by atoms with E-state index in [4.69, 9.17) is 18.8 Å². The molecule has 0 bridgehead atoms. The second-order valence-electron chi connectivity index (χ2n) is 4.99. The van der Waals surface area contributed by atoms with Crippen LogP contribution in [-0.4, -0.2) is 9.79 Å². The Morgan fingerprint density at radius 3 is 2.08 bits per heavy atom. The molecule has 0 aromatic heterocycles. The molecule has 1 atom stereocenters. The van der Waals surface area contributed by atoms with Gasteiger partial charge in [-0.05, 0) is 23.6 Å². The Balaban J connectivity index is 1.99. The van der Waals surface area contributed by atoms with Gasteiger partial charge in [0, 0.05) is 5.39 Å². The van der Waals surface area contributed by atoms with Crippen molar-refractivity contribution in [3.63, 3.8) is 0 Å². The molecule has 1 unspecified atom stereocenters. The van der Waals surface area contributed by atoms with E-state index >= 15 is 0 Å². The molecule has 0 saturated heterocycles. The van der Waals surface area contributed by atoms with Crippen LogP contribution < -0.4 is 9.05 Å². The Bertz CT molecular complexity index is 963. The Hall–Kier alpha value is -2.14. The first kappa shape index (κ1) is 17.7. The second-order valence-corrected chi connectivity index (χ2v) is 7.89. The van der Waals surface area contributed by atoms with E-state index in [0.29, 0.717) is 5.39 Å². The predicted molar refractivity (Wildman–Crippen MR) is 92.4 cm³/mol. The molecule has 0 saturated carbocycles. The van der Waals surface area contributed by atoms with E-state index in [0.717, 1.165) is 5.39 Å². The van der Waals surface area contributed by atoms with Crippen LogP contribution in [0.2, 0.25) is 0 Å². The summed E-state index contributed by atoms with van der Waals surface area (Å²) >= 11 is 0. The number of hydrogen-bond donors (Lipinski definition) is 2. The van der Waals surface area contributed by atoms with Gasteiger partial charge in [0.05, 0.1) is 0 Å². The molecule has 0 aliphatic carbocycles. The molecule has 25 heavy (non-hydrogen) atoms. The van der Waals surface area contributed by atoms with Crippen LogP contribution in [0, 0.1) is 0 Å². The summed E-state index contributed by atoms with van der Waals surface area (Å²) in [5.41, 5.74) is 0. The van der Waals surface area contributed by atoms with Crippen molar-refractivity contribution < 1.29 is 32.3 Å². The van der Waals surface area contributed by atoms with Crippen molar-refractivity contribution in [2.45, 2.75) is 0 Å². The molecule has 0 aliphatic heterocycles. The first-order chi connectivity index (χ1) is 11.8. The van der Waals surface area contributed by atoms with Crippen LogP contribution in [0.4, 0.5) is 0 Å². The largest absolute Gasteiger partial charge is 0.596 e.